The van der Waals surface area contributed by atoms with Gasteiger partial charge >= 0.3 is 0 Å². The standard InChI is InChI=1S/C24H32N8O/c1-5-20(6-2)31-14-18(13-28-31)23-22-7-8-27-32(22)15-21(29-23)17(11-25)12-26-19-9-16(10-19)24(33)30(3)4/h7-8,11-16,19-20,25-26H,5-6,9-10H2,1-4H3/b17-12+,25-11?. The third-order valence-electron chi connectivity index (χ3n) is 6.44. The molecule has 9 nitrogen and oxygen atoms in total. The minimum Gasteiger partial charge on any atom is -0.388 e. The highest BCUT2D eigenvalue weighted by Crippen LogP contribution is 2.30. The lowest BCUT2D eigenvalue weighted by atomic mass is 9.79. The second-order valence-electron chi connectivity index (χ2n) is 8.82. The number of allylic oxidation sites excluding steroid dienone is 1. The highest BCUT2D eigenvalue weighted by Gasteiger charge is 2.34. The molecule has 1 amide bonds. The quantitative estimate of drug-likeness (QED) is 0.488. The van der Waals surface area contributed by atoms with Crippen molar-refractivity contribution in [1.82, 2.24) is 34.6 Å². The van der Waals surface area contributed by atoms with E-state index in [0.29, 0.717) is 17.3 Å². The first-order valence-electron chi connectivity index (χ1n) is 11.5. The molecule has 2 N–H and O–H groups in total. The number of fused-ring (bicyclic) bond motifs is 1. The molecule has 0 aliphatic heterocycles. The van der Waals surface area contributed by atoms with Crippen molar-refractivity contribution in [2.45, 2.75) is 51.6 Å². The zero-order chi connectivity index (χ0) is 23.5. The fourth-order valence-corrected chi connectivity index (χ4v) is 4.32. The van der Waals surface area contributed by atoms with Crippen molar-refractivity contribution in [3.05, 3.63) is 42.7 Å². The number of carbonyl (C=O) groups is 1. The number of nitrogens with one attached hydrogen (secondary N) is 2. The zero-order valence-electron chi connectivity index (χ0n) is 19.7. The number of amides is 1. The van der Waals surface area contributed by atoms with Crippen LogP contribution in [0.25, 0.3) is 22.3 Å². The van der Waals surface area contributed by atoms with Gasteiger partial charge < -0.3 is 15.6 Å². The maximum absolute atomic E-state index is 12.1. The molecule has 33 heavy (non-hydrogen) atoms. The topological polar surface area (TPSA) is 104 Å². The number of carbonyl (C=O) groups excluding carboxylic acids is 1. The Morgan fingerprint density at radius 1 is 1.27 bits per heavy atom. The lowest BCUT2D eigenvalue weighted by Gasteiger charge is -2.36. The van der Waals surface area contributed by atoms with Gasteiger partial charge in [-0.1, -0.05) is 13.8 Å². The van der Waals surface area contributed by atoms with E-state index in [1.807, 2.05) is 35.5 Å². The highest BCUT2D eigenvalue weighted by atomic mass is 16.2. The molecular formula is C24H32N8O. The van der Waals surface area contributed by atoms with Gasteiger partial charge in [-0.15, -0.1) is 0 Å². The molecule has 0 radical (unpaired) electrons. The van der Waals surface area contributed by atoms with Gasteiger partial charge in [0.2, 0.25) is 5.91 Å². The van der Waals surface area contributed by atoms with Crippen LogP contribution in [0.5, 0.6) is 0 Å². The number of hydrogen-bond donors (Lipinski definition) is 2. The third-order valence-corrected chi connectivity index (χ3v) is 6.44. The molecule has 1 fully saturated rings. The van der Waals surface area contributed by atoms with E-state index in [-0.39, 0.29) is 17.9 Å². The minimum atomic E-state index is 0.0751. The molecule has 0 spiro atoms. The van der Waals surface area contributed by atoms with E-state index in [2.05, 4.69) is 29.4 Å². The minimum absolute atomic E-state index is 0.0751. The number of hydrogen-bond acceptors (Lipinski definition) is 6. The summed E-state index contributed by atoms with van der Waals surface area (Å²) < 4.78 is 3.80. The Bertz CT molecular complexity index is 1160. The van der Waals surface area contributed by atoms with Crippen molar-refractivity contribution in [2.75, 3.05) is 14.1 Å². The van der Waals surface area contributed by atoms with Crippen LogP contribution in [0.4, 0.5) is 0 Å². The van der Waals surface area contributed by atoms with E-state index in [1.165, 1.54) is 6.21 Å². The average Bonchev–Trinajstić information content (AvgIpc) is 3.45. The fraction of sp³-hybridized carbons (Fsp3) is 0.458. The SMILES string of the molecule is CCC(CC)n1cc(-c2nc(/C(C=N)=C/NC3CC(C(=O)N(C)C)C3)cn3nccc23)cn1. The highest BCUT2D eigenvalue weighted by molar-refractivity contribution is 6.07. The van der Waals surface area contributed by atoms with Crippen molar-refractivity contribution in [2.24, 2.45) is 5.92 Å². The van der Waals surface area contributed by atoms with Crippen molar-refractivity contribution in [3.63, 3.8) is 0 Å². The van der Waals surface area contributed by atoms with Crippen LogP contribution in [0.3, 0.4) is 0 Å². The van der Waals surface area contributed by atoms with Crippen LogP contribution in [-0.2, 0) is 4.79 Å². The molecule has 9 heteroatoms. The summed E-state index contributed by atoms with van der Waals surface area (Å²) >= 11 is 0. The van der Waals surface area contributed by atoms with Crippen LogP contribution in [0.2, 0.25) is 0 Å². The lowest BCUT2D eigenvalue weighted by molar-refractivity contribution is -0.136. The molecule has 3 heterocycles. The van der Waals surface area contributed by atoms with Crippen molar-refractivity contribution >= 4 is 23.2 Å². The van der Waals surface area contributed by atoms with Crippen LogP contribution >= 0.6 is 0 Å². The predicted molar refractivity (Wildman–Crippen MR) is 129 cm³/mol. The van der Waals surface area contributed by atoms with Crippen LogP contribution in [0.15, 0.2) is 37.1 Å². The van der Waals surface area contributed by atoms with Gasteiger partial charge in [-0.2, -0.15) is 10.2 Å². The van der Waals surface area contributed by atoms with Crippen LogP contribution in [0.1, 0.15) is 51.3 Å². The molecule has 0 aromatic carbocycles. The Hall–Kier alpha value is -3.49. The molecule has 0 bridgehead atoms. The largest absolute Gasteiger partial charge is 0.388 e. The van der Waals surface area contributed by atoms with E-state index in [4.69, 9.17) is 10.4 Å². The fourth-order valence-electron chi connectivity index (χ4n) is 4.32. The van der Waals surface area contributed by atoms with E-state index in [9.17, 15) is 4.79 Å². The maximum Gasteiger partial charge on any atom is 0.225 e. The Morgan fingerprint density at radius 3 is 2.70 bits per heavy atom. The molecule has 0 saturated heterocycles. The van der Waals surface area contributed by atoms with Crippen molar-refractivity contribution in [3.8, 4) is 11.3 Å². The second-order valence-corrected chi connectivity index (χ2v) is 8.82. The zero-order valence-corrected chi connectivity index (χ0v) is 19.7. The van der Waals surface area contributed by atoms with E-state index in [0.717, 1.165) is 42.5 Å². The Morgan fingerprint density at radius 2 is 2.03 bits per heavy atom. The van der Waals surface area contributed by atoms with Crippen LogP contribution < -0.4 is 5.32 Å². The Kier molecular flexibility index (Phi) is 6.57. The van der Waals surface area contributed by atoms with Crippen LogP contribution in [-0.4, -0.2) is 61.5 Å². The lowest BCUT2D eigenvalue weighted by Crippen LogP contribution is -2.45. The van der Waals surface area contributed by atoms with E-state index >= 15 is 0 Å². The first-order chi connectivity index (χ1) is 15.9. The van der Waals surface area contributed by atoms with Gasteiger partial charge in [0, 0.05) is 55.8 Å². The van der Waals surface area contributed by atoms with Crippen molar-refractivity contribution in [1.29, 1.82) is 5.41 Å². The van der Waals surface area contributed by atoms with E-state index in [1.54, 1.807) is 29.7 Å². The second kappa shape index (κ2) is 9.56. The molecule has 3 aromatic heterocycles. The summed E-state index contributed by atoms with van der Waals surface area (Å²) in [5, 5.41) is 20.3. The van der Waals surface area contributed by atoms with Gasteiger partial charge in [0.15, 0.2) is 0 Å². The van der Waals surface area contributed by atoms with E-state index < -0.39 is 0 Å². The van der Waals surface area contributed by atoms with Gasteiger partial charge in [-0.25, -0.2) is 9.50 Å². The Balaban J connectivity index is 1.59. The predicted octanol–water partition coefficient (Wildman–Crippen LogP) is 3.40. The maximum atomic E-state index is 12.1. The van der Waals surface area contributed by atoms with Gasteiger partial charge in [0.05, 0.1) is 41.5 Å². The summed E-state index contributed by atoms with van der Waals surface area (Å²) in [5.41, 5.74) is 3.91. The molecule has 0 unspecified atom stereocenters. The molecular weight excluding hydrogens is 416 g/mol. The molecule has 174 valence electrons. The monoisotopic (exact) mass is 448 g/mol. The summed E-state index contributed by atoms with van der Waals surface area (Å²) in [5.74, 6) is 0.250. The summed E-state index contributed by atoms with van der Waals surface area (Å²) in [6, 6.07) is 2.51. The molecule has 0 atom stereocenters. The summed E-state index contributed by atoms with van der Waals surface area (Å²) in [6.07, 6.45) is 14.2. The van der Waals surface area contributed by atoms with Gasteiger partial charge in [0.1, 0.15) is 0 Å². The van der Waals surface area contributed by atoms with Gasteiger partial charge in [-0.05, 0) is 31.7 Å². The molecule has 1 saturated carbocycles. The molecule has 1 aliphatic rings. The number of rotatable bonds is 9. The molecule has 4 rings (SSSR count). The first kappa shape index (κ1) is 22.7. The van der Waals surface area contributed by atoms with Gasteiger partial charge in [-0.3, -0.25) is 9.48 Å². The normalized spacial score (nSPS) is 18.4. The number of aromatic nitrogens is 5. The third kappa shape index (κ3) is 4.53. The number of nitrogens with zero attached hydrogens (tertiary/aromatic N) is 6. The summed E-state index contributed by atoms with van der Waals surface area (Å²) in [7, 11) is 3.58. The average molecular weight is 449 g/mol. The Labute approximate surface area is 194 Å². The molecule has 3 aromatic rings. The summed E-state index contributed by atoms with van der Waals surface area (Å²) in [6.45, 7) is 4.33. The van der Waals surface area contributed by atoms with Crippen molar-refractivity contribution < 1.29 is 4.79 Å². The first-order valence-corrected chi connectivity index (χ1v) is 11.5. The van der Waals surface area contributed by atoms with Crippen LogP contribution in [0, 0.1) is 11.3 Å². The smallest absolute Gasteiger partial charge is 0.225 e. The summed E-state index contributed by atoms with van der Waals surface area (Å²) in [4.78, 5) is 18.6. The molecule has 1 aliphatic carbocycles. The van der Waals surface area contributed by atoms with Gasteiger partial charge in [0.25, 0.3) is 0 Å².